The maximum absolute atomic E-state index is 7.76. The van der Waals surface area contributed by atoms with Crippen LogP contribution in [0.15, 0.2) is 66.6 Å². The van der Waals surface area contributed by atoms with E-state index < -0.39 is 28.6 Å². The fraction of sp³-hybridized carbons (Fsp3) is 0.538. The monoisotopic (exact) mass is 686 g/mol. The van der Waals surface area contributed by atoms with Gasteiger partial charge >= 0.3 is 13.6 Å². The van der Waals surface area contributed by atoms with E-state index in [-0.39, 0.29) is 0 Å². The molecule has 8 rings (SSSR count). The zero-order chi connectivity index (χ0) is 28.4. The van der Waals surface area contributed by atoms with Crippen molar-refractivity contribution in [1.29, 1.82) is 0 Å². The minimum Gasteiger partial charge on any atom is -0.430 e. The molecule has 3 bridgehead atoms. The number of halogens is 2. The van der Waals surface area contributed by atoms with Crippen molar-refractivity contribution >= 4 is 51.1 Å². The molecule has 0 aromatic heterocycles. The van der Waals surface area contributed by atoms with E-state index in [0.717, 1.165) is 87.6 Å². The molecule has 10 nitrogen and oxygen atoms in total. The first-order valence-electron chi connectivity index (χ1n) is 14.9. The van der Waals surface area contributed by atoms with Crippen molar-refractivity contribution in [3.8, 4) is 11.5 Å². The summed E-state index contributed by atoms with van der Waals surface area (Å²) in [5.74, 6) is 1.50. The predicted octanol–water partition coefficient (Wildman–Crippen LogP) is 10.0. The molecule has 0 aliphatic carbocycles. The minimum absolute atomic E-state index is 0.640. The topological polar surface area (TPSA) is 80.9 Å². The number of nitrogens with zero attached hydrogens (tertiary/aromatic N) is 8. The van der Waals surface area contributed by atoms with Crippen molar-refractivity contribution in [2.75, 3.05) is 39.3 Å². The molecule has 6 aliphatic rings. The van der Waals surface area contributed by atoms with Crippen LogP contribution in [0.3, 0.4) is 0 Å². The maximum atomic E-state index is 7.76. The summed E-state index contributed by atoms with van der Waals surface area (Å²) in [5.41, 5.74) is 2.15. The lowest BCUT2D eigenvalue weighted by molar-refractivity contribution is 0.304. The number of benzene rings is 2. The van der Waals surface area contributed by atoms with Gasteiger partial charge in [-0.2, -0.15) is 18.1 Å². The van der Waals surface area contributed by atoms with Gasteiger partial charge in [0.2, 0.25) is 15.0 Å². The van der Waals surface area contributed by atoms with Crippen LogP contribution in [0.25, 0.3) is 0 Å². The highest BCUT2D eigenvalue weighted by Gasteiger charge is 2.52. The molecule has 0 saturated carbocycles. The number of piperidine rings is 2. The first kappa shape index (κ1) is 28.8. The maximum Gasteiger partial charge on any atom is 0.351 e. The van der Waals surface area contributed by atoms with E-state index in [1.165, 1.54) is 12.8 Å². The molecule has 6 aliphatic heterocycles. The summed E-state index contributed by atoms with van der Waals surface area (Å²) in [5, 5.41) is 0. The van der Waals surface area contributed by atoms with Crippen LogP contribution in [0, 0.1) is 0 Å². The molecule has 3 atom stereocenters. The minimum atomic E-state index is -3.33. The normalized spacial score (nSPS) is 34.8. The van der Waals surface area contributed by atoms with Crippen LogP contribution in [0.4, 0.5) is 0 Å². The van der Waals surface area contributed by atoms with Gasteiger partial charge in [0.1, 0.15) is 11.5 Å². The number of para-hydroxylation sites is 2. The molecule has 2 aromatic carbocycles. The second kappa shape index (κ2) is 11.0. The van der Waals surface area contributed by atoms with E-state index in [0.29, 0.717) is 13.1 Å². The van der Waals surface area contributed by atoms with Crippen LogP contribution in [0.1, 0.15) is 49.7 Å². The van der Waals surface area contributed by atoms with Gasteiger partial charge in [0.25, 0.3) is 0 Å². The van der Waals surface area contributed by atoms with Gasteiger partial charge in [-0.3, -0.25) is 0 Å². The van der Waals surface area contributed by atoms with E-state index in [1.807, 2.05) is 24.3 Å². The Morgan fingerprint density at radius 3 is 1.36 bits per heavy atom. The van der Waals surface area contributed by atoms with E-state index in [9.17, 15) is 0 Å². The van der Waals surface area contributed by atoms with E-state index in [2.05, 4.69) is 42.9 Å². The summed E-state index contributed by atoms with van der Waals surface area (Å²) in [6.45, 7) is -0.246. The van der Waals surface area contributed by atoms with Crippen molar-refractivity contribution < 1.29 is 9.05 Å². The highest BCUT2D eigenvalue weighted by molar-refractivity contribution is 7.98. The van der Waals surface area contributed by atoms with Crippen molar-refractivity contribution in [1.82, 2.24) is 18.7 Å². The lowest BCUT2D eigenvalue weighted by Crippen LogP contribution is -2.37. The molecule has 0 amide bonds. The Bertz CT molecular complexity index is 1590. The molecular weight excluding hydrogens is 651 g/mol. The molecule has 6 heterocycles. The molecule has 3 fully saturated rings. The third kappa shape index (κ3) is 4.94. The summed E-state index contributed by atoms with van der Waals surface area (Å²) in [6.07, 6.45) is 6.73. The Morgan fingerprint density at radius 1 is 0.500 bits per heavy atom. The van der Waals surface area contributed by atoms with Gasteiger partial charge in [0.15, 0.2) is 0 Å². The second-order valence-electron chi connectivity index (χ2n) is 11.6. The highest BCUT2D eigenvalue weighted by atomic mass is 35.7. The van der Waals surface area contributed by atoms with Gasteiger partial charge in [0, 0.05) is 63.5 Å². The van der Waals surface area contributed by atoms with Gasteiger partial charge in [-0.15, -0.1) is 0 Å². The summed E-state index contributed by atoms with van der Waals surface area (Å²) >= 11 is 15.5. The molecule has 42 heavy (non-hydrogen) atoms. The quantitative estimate of drug-likeness (QED) is 0.293. The molecule has 2 aromatic rings. The summed E-state index contributed by atoms with van der Waals surface area (Å²) in [4.78, 5) is 0. The molecule has 226 valence electrons. The molecule has 1 unspecified atom stereocenters. The van der Waals surface area contributed by atoms with E-state index in [4.69, 9.17) is 49.6 Å². The standard InChI is InChI=1S/C26H36Cl2N8O2P4/c27-39-29-41(33-15-7-1-8-16-33,34-17-9-2-10-18-34)30-40(28)32-42(31-39)35(21-23-11-3-5-13-25(23)37-39)19-20-36(42)22-24-12-4-6-14-26(24)38-40/h3-6,11-14H,1-2,7-10,15-22H2/t39-,40-,42?/m0/s1. The third-order valence-corrected chi connectivity index (χ3v) is 24.4. The number of hydrogen-bond donors (Lipinski definition) is 0. The summed E-state index contributed by atoms with van der Waals surface area (Å²) < 4.78 is 45.9. The first-order chi connectivity index (χ1) is 20.4. The zero-order valence-corrected chi connectivity index (χ0v) is 28.5. The lowest BCUT2D eigenvalue weighted by atomic mass is 10.2. The number of fused-ring (bicyclic) bond motifs is 3. The molecule has 1 spiro atoms. The van der Waals surface area contributed by atoms with Crippen LogP contribution in [-0.2, 0) is 13.1 Å². The fourth-order valence-electron chi connectivity index (χ4n) is 6.78. The molecule has 16 heteroatoms. The SMILES string of the molecule is Cl[P@@]12=NP34=N[P@](Cl)(=NP(N5CCCCC5)(N5CCCCC5)=N1)Oc1ccccc1CN3CCN4Cc1ccccc1O2. The molecule has 0 N–H and O–H groups in total. The van der Waals surface area contributed by atoms with Gasteiger partial charge < -0.3 is 9.05 Å². The predicted molar refractivity (Wildman–Crippen MR) is 175 cm³/mol. The Morgan fingerprint density at radius 2 is 0.905 bits per heavy atom. The summed E-state index contributed by atoms with van der Waals surface area (Å²) in [7, 11) is -5.75. The average molecular weight is 687 g/mol. The highest BCUT2D eigenvalue weighted by Crippen LogP contribution is 2.85. The van der Waals surface area contributed by atoms with E-state index >= 15 is 0 Å². The number of rotatable bonds is 2. The van der Waals surface area contributed by atoms with Gasteiger partial charge in [-0.05, 0) is 60.3 Å². The Balaban J connectivity index is 1.47. The van der Waals surface area contributed by atoms with Crippen molar-refractivity contribution in [3.05, 3.63) is 59.7 Å². The summed E-state index contributed by atoms with van der Waals surface area (Å²) in [6, 6.07) is 16.3. The Kier molecular flexibility index (Phi) is 7.56. The van der Waals surface area contributed by atoms with Gasteiger partial charge in [0.05, 0.1) is 0 Å². The molecule has 0 radical (unpaired) electrons. The third-order valence-electron chi connectivity index (χ3n) is 8.80. The van der Waals surface area contributed by atoms with Crippen LogP contribution in [-0.4, -0.2) is 58.0 Å². The van der Waals surface area contributed by atoms with Gasteiger partial charge in [-0.25, -0.2) is 18.7 Å². The largest absolute Gasteiger partial charge is 0.430 e. The average Bonchev–Trinajstić information content (AvgIpc) is 3.27. The van der Waals surface area contributed by atoms with E-state index in [1.54, 1.807) is 0 Å². The van der Waals surface area contributed by atoms with Crippen LogP contribution in [0.2, 0.25) is 0 Å². The zero-order valence-electron chi connectivity index (χ0n) is 23.5. The number of hydrogen-bond acceptors (Lipinski definition) is 10. The molecular formula is C26H36Cl2N8O2P4. The second-order valence-corrected chi connectivity index (χ2v) is 23.8. The van der Waals surface area contributed by atoms with Crippen molar-refractivity contribution in [3.63, 3.8) is 0 Å². The van der Waals surface area contributed by atoms with Crippen LogP contribution < -0.4 is 9.05 Å². The smallest absolute Gasteiger partial charge is 0.351 e. The first-order valence-corrected chi connectivity index (χ1v) is 23.1. The van der Waals surface area contributed by atoms with Crippen molar-refractivity contribution in [2.45, 2.75) is 51.6 Å². The Hall–Kier alpha value is -0.620. The molecule has 3 saturated heterocycles. The Labute approximate surface area is 258 Å². The van der Waals surface area contributed by atoms with Crippen LogP contribution in [0.5, 0.6) is 11.5 Å². The van der Waals surface area contributed by atoms with Crippen molar-refractivity contribution in [2.24, 2.45) is 18.1 Å². The fourth-order valence-corrected chi connectivity index (χ4v) is 25.9. The van der Waals surface area contributed by atoms with Crippen LogP contribution >= 0.6 is 51.1 Å². The van der Waals surface area contributed by atoms with Gasteiger partial charge in [-0.1, -0.05) is 49.2 Å². The lowest BCUT2D eigenvalue weighted by Gasteiger charge is -2.46.